The topological polar surface area (TPSA) is 35.2 Å². The van der Waals surface area contributed by atoms with Gasteiger partial charge in [-0.05, 0) is 42.2 Å². The van der Waals surface area contributed by atoms with Crippen molar-refractivity contribution in [1.82, 2.24) is 0 Å². The lowest BCUT2D eigenvalue weighted by molar-refractivity contribution is 0.0450. The van der Waals surface area contributed by atoms with Gasteiger partial charge in [0.15, 0.2) is 0 Å². The summed E-state index contributed by atoms with van der Waals surface area (Å²) in [6.07, 6.45) is 3.34. The second-order valence-electron chi connectivity index (χ2n) is 5.74. The number of ether oxygens (including phenoxy) is 1. The molecular formula is C16H25NO. The van der Waals surface area contributed by atoms with E-state index in [1.54, 1.807) is 0 Å². The van der Waals surface area contributed by atoms with Crippen LogP contribution in [0.25, 0.3) is 0 Å². The zero-order valence-corrected chi connectivity index (χ0v) is 11.6. The molecule has 1 aliphatic heterocycles. The Balaban J connectivity index is 1.91. The molecule has 0 spiro atoms. The first-order chi connectivity index (χ1) is 8.66. The van der Waals surface area contributed by atoms with Crippen molar-refractivity contribution >= 4 is 0 Å². The molecule has 0 saturated carbocycles. The van der Waals surface area contributed by atoms with E-state index in [1.807, 2.05) is 0 Å². The monoisotopic (exact) mass is 247 g/mol. The van der Waals surface area contributed by atoms with E-state index in [2.05, 4.69) is 38.1 Å². The minimum atomic E-state index is 0.232. The number of nitrogens with two attached hydrogens (primary N) is 1. The lowest BCUT2D eigenvalue weighted by atomic mass is 9.89. The van der Waals surface area contributed by atoms with Crippen LogP contribution < -0.4 is 5.73 Å². The van der Waals surface area contributed by atoms with Crippen LogP contribution in [0.4, 0.5) is 0 Å². The smallest absolute Gasteiger partial charge is 0.0509 e. The molecule has 18 heavy (non-hydrogen) atoms. The van der Waals surface area contributed by atoms with Crippen molar-refractivity contribution in [2.24, 2.45) is 11.7 Å². The van der Waals surface area contributed by atoms with E-state index < -0.39 is 0 Å². The Labute approximate surface area is 111 Å². The van der Waals surface area contributed by atoms with Crippen LogP contribution in [0.3, 0.4) is 0 Å². The van der Waals surface area contributed by atoms with Gasteiger partial charge in [-0.1, -0.05) is 38.1 Å². The molecule has 1 aromatic rings. The Hall–Kier alpha value is -0.860. The van der Waals surface area contributed by atoms with Crippen molar-refractivity contribution < 1.29 is 4.74 Å². The third-order valence-electron chi connectivity index (χ3n) is 3.92. The average Bonchev–Trinajstić information content (AvgIpc) is 2.40. The van der Waals surface area contributed by atoms with Crippen LogP contribution in [-0.2, 0) is 11.2 Å². The molecule has 0 aromatic heterocycles. The van der Waals surface area contributed by atoms with Crippen LogP contribution in [0.2, 0.25) is 0 Å². The second kappa shape index (κ2) is 6.35. The number of benzene rings is 1. The van der Waals surface area contributed by atoms with E-state index in [0.717, 1.165) is 26.1 Å². The first-order valence-electron chi connectivity index (χ1n) is 7.09. The normalized spacial score (nSPS) is 22.1. The maximum atomic E-state index is 6.30. The average molecular weight is 247 g/mol. The molecule has 0 amide bonds. The summed E-state index contributed by atoms with van der Waals surface area (Å²) in [6.45, 7) is 6.19. The summed E-state index contributed by atoms with van der Waals surface area (Å²) in [5.74, 6) is 1.13. The van der Waals surface area contributed by atoms with Crippen LogP contribution in [0.5, 0.6) is 0 Å². The highest BCUT2D eigenvalue weighted by molar-refractivity contribution is 5.25. The molecule has 1 aromatic carbocycles. The molecule has 2 rings (SSSR count). The summed E-state index contributed by atoms with van der Waals surface area (Å²) >= 11 is 0. The summed E-state index contributed by atoms with van der Waals surface area (Å²) in [6, 6.07) is 9.13. The van der Waals surface area contributed by atoms with Gasteiger partial charge in [0.05, 0.1) is 6.61 Å². The van der Waals surface area contributed by atoms with Crippen LogP contribution in [0.15, 0.2) is 24.3 Å². The van der Waals surface area contributed by atoms with Gasteiger partial charge < -0.3 is 10.5 Å². The number of hydrogen-bond donors (Lipinski definition) is 1. The van der Waals surface area contributed by atoms with Crippen LogP contribution in [-0.4, -0.2) is 19.3 Å². The standard InChI is InChI=1S/C16H25NO/c1-12(2)14-7-5-13(6-8-14)10-16(17)15-4-3-9-18-11-15/h5-8,12,15-16H,3-4,9-11,17H2,1-2H3. The van der Waals surface area contributed by atoms with E-state index in [4.69, 9.17) is 10.5 Å². The largest absolute Gasteiger partial charge is 0.381 e. The fourth-order valence-corrected chi connectivity index (χ4v) is 2.58. The Kier molecular flexibility index (Phi) is 4.79. The van der Waals surface area contributed by atoms with Gasteiger partial charge in [-0.15, -0.1) is 0 Å². The third kappa shape index (κ3) is 3.56. The zero-order chi connectivity index (χ0) is 13.0. The summed E-state index contributed by atoms with van der Waals surface area (Å²) in [4.78, 5) is 0. The minimum Gasteiger partial charge on any atom is -0.381 e. The molecule has 100 valence electrons. The van der Waals surface area contributed by atoms with Crippen molar-refractivity contribution in [3.8, 4) is 0 Å². The number of hydrogen-bond acceptors (Lipinski definition) is 2. The van der Waals surface area contributed by atoms with E-state index in [0.29, 0.717) is 11.8 Å². The highest BCUT2D eigenvalue weighted by Crippen LogP contribution is 2.20. The molecule has 2 heteroatoms. The first kappa shape index (κ1) is 13.6. The van der Waals surface area contributed by atoms with Gasteiger partial charge in [0.25, 0.3) is 0 Å². The van der Waals surface area contributed by atoms with Crippen molar-refractivity contribution in [2.45, 2.75) is 45.1 Å². The predicted molar refractivity (Wildman–Crippen MR) is 75.8 cm³/mol. The molecule has 0 aliphatic carbocycles. The fourth-order valence-electron chi connectivity index (χ4n) is 2.58. The molecule has 2 N–H and O–H groups in total. The van der Waals surface area contributed by atoms with Gasteiger partial charge >= 0.3 is 0 Å². The van der Waals surface area contributed by atoms with E-state index in [1.165, 1.54) is 17.5 Å². The van der Waals surface area contributed by atoms with Gasteiger partial charge in [0.2, 0.25) is 0 Å². The quantitative estimate of drug-likeness (QED) is 0.887. The minimum absolute atomic E-state index is 0.232. The summed E-state index contributed by atoms with van der Waals surface area (Å²) in [5, 5.41) is 0. The van der Waals surface area contributed by atoms with Crippen molar-refractivity contribution in [1.29, 1.82) is 0 Å². The van der Waals surface area contributed by atoms with Crippen LogP contribution in [0, 0.1) is 5.92 Å². The molecule has 0 bridgehead atoms. The highest BCUT2D eigenvalue weighted by Gasteiger charge is 2.21. The molecular weight excluding hydrogens is 222 g/mol. The predicted octanol–water partition coefficient (Wildman–Crippen LogP) is 3.11. The third-order valence-corrected chi connectivity index (χ3v) is 3.92. The van der Waals surface area contributed by atoms with Crippen LogP contribution in [0.1, 0.15) is 43.7 Å². The molecule has 1 saturated heterocycles. The number of rotatable bonds is 4. The molecule has 1 aliphatic rings. The molecule has 2 unspecified atom stereocenters. The molecule has 2 atom stereocenters. The lowest BCUT2D eigenvalue weighted by Gasteiger charge is -2.27. The second-order valence-corrected chi connectivity index (χ2v) is 5.74. The highest BCUT2D eigenvalue weighted by atomic mass is 16.5. The first-order valence-corrected chi connectivity index (χ1v) is 7.09. The summed E-state index contributed by atoms with van der Waals surface area (Å²) in [5.41, 5.74) is 9.04. The fraction of sp³-hybridized carbons (Fsp3) is 0.625. The molecule has 1 fully saturated rings. The van der Waals surface area contributed by atoms with Crippen LogP contribution >= 0.6 is 0 Å². The Morgan fingerprint density at radius 1 is 1.28 bits per heavy atom. The van der Waals surface area contributed by atoms with Gasteiger partial charge in [-0.3, -0.25) is 0 Å². The van der Waals surface area contributed by atoms with Gasteiger partial charge in [0, 0.05) is 12.6 Å². The van der Waals surface area contributed by atoms with Gasteiger partial charge in [-0.25, -0.2) is 0 Å². The zero-order valence-electron chi connectivity index (χ0n) is 11.6. The molecule has 0 radical (unpaired) electrons. The van der Waals surface area contributed by atoms with Gasteiger partial charge in [-0.2, -0.15) is 0 Å². The van der Waals surface area contributed by atoms with E-state index in [-0.39, 0.29) is 6.04 Å². The maximum absolute atomic E-state index is 6.30. The maximum Gasteiger partial charge on any atom is 0.0509 e. The Morgan fingerprint density at radius 3 is 2.56 bits per heavy atom. The molecule has 1 heterocycles. The molecule has 2 nitrogen and oxygen atoms in total. The van der Waals surface area contributed by atoms with E-state index >= 15 is 0 Å². The van der Waals surface area contributed by atoms with Gasteiger partial charge in [0.1, 0.15) is 0 Å². The summed E-state index contributed by atoms with van der Waals surface area (Å²) < 4.78 is 5.51. The Morgan fingerprint density at radius 2 is 2.00 bits per heavy atom. The SMILES string of the molecule is CC(C)c1ccc(CC(N)C2CCCOC2)cc1. The van der Waals surface area contributed by atoms with Crippen molar-refractivity contribution in [2.75, 3.05) is 13.2 Å². The lowest BCUT2D eigenvalue weighted by Crippen LogP contribution is -2.37. The van der Waals surface area contributed by atoms with Crippen molar-refractivity contribution in [3.05, 3.63) is 35.4 Å². The summed E-state index contributed by atoms with van der Waals surface area (Å²) in [7, 11) is 0. The van der Waals surface area contributed by atoms with E-state index in [9.17, 15) is 0 Å². The van der Waals surface area contributed by atoms with Crippen molar-refractivity contribution in [3.63, 3.8) is 0 Å². The Bertz CT molecular complexity index is 352.